The molecule has 0 aliphatic heterocycles. The molecule has 2 aromatic carbocycles. The maximum absolute atomic E-state index is 13.2. The number of ether oxygens (including phenoxy) is 1. The first kappa shape index (κ1) is 22.1. The highest BCUT2D eigenvalue weighted by Gasteiger charge is 2.35. The summed E-state index contributed by atoms with van der Waals surface area (Å²) in [7, 11) is -3.30. The van der Waals surface area contributed by atoms with Gasteiger partial charge in [-0.1, -0.05) is 11.6 Å². The summed E-state index contributed by atoms with van der Waals surface area (Å²) in [5, 5.41) is 4.17. The van der Waals surface area contributed by atoms with Crippen molar-refractivity contribution >= 4 is 21.6 Å². The zero-order chi connectivity index (χ0) is 21.9. The molecule has 160 valence electrons. The largest absolute Gasteiger partial charge is 0.492 e. The highest BCUT2D eigenvalue weighted by molar-refractivity contribution is 7.88. The molecule has 0 unspecified atom stereocenters. The van der Waals surface area contributed by atoms with E-state index < -0.39 is 21.9 Å². The lowest BCUT2D eigenvalue weighted by Crippen LogP contribution is -2.26. The molecule has 3 aromatic rings. The standard InChI is InChI=1S/C19H17ClF3N3O3S/c1-30(27,28)24-10-11-29-16-8-2-13(3-9-16)17-12-18(19(21,22)23)25-26(17)15-6-4-14(20)5-7-15/h2-9,12,24H,10-11H2,1H3. The van der Waals surface area contributed by atoms with E-state index in [1.807, 2.05) is 0 Å². The molecular formula is C19H17ClF3N3O3S. The van der Waals surface area contributed by atoms with Crippen LogP contribution in [0.5, 0.6) is 5.75 Å². The second kappa shape index (κ2) is 8.66. The third kappa shape index (κ3) is 5.74. The van der Waals surface area contributed by atoms with Crippen molar-refractivity contribution in [1.82, 2.24) is 14.5 Å². The Bertz CT molecular complexity index is 1110. The molecule has 6 nitrogen and oxygen atoms in total. The van der Waals surface area contributed by atoms with Gasteiger partial charge in [0.05, 0.1) is 17.6 Å². The smallest absolute Gasteiger partial charge is 0.435 e. The summed E-state index contributed by atoms with van der Waals surface area (Å²) in [5.41, 5.74) is 0.154. The molecule has 0 bridgehead atoms. The number of sulfonamides is 1. The average molecular weight is 460 g/mol. The number of nitrogens with one attached hydrogen (secondary N) is 1. The molecular weight excluding hydrogens is 443 g/mol. The summed E-state index contributed by atoms with van der Waals surface area (Å²) in [5.74, 6) is 0.447. The Morgan fingerprint density at radius 3 is 2.30 bits per heavy atom. The van der Waals surface area contributed by atoms with Crippen LogP contribution in [0, 0.1) is 0 Å². The van der Waals surface area contributed by atoms with Crippen molar-refractivity contribution in [1.29, 1.82) is 0 Å². The van der Waals surface area contributed by atoms with Gasteiger partial charge in [0.25, 0.3) is 0 Å². The highest BCUT2D eigenvalue weighted by Crippen LogP contribution is 2.33. The van der Waals surface area contributed by atoms with Gasteiger partial charge < -0.3 is 4.74 Å². The van der Waals surface area contributed by atoms with Crippen molar-refractivity contribution in [2.75, 3.05) is 19.4 Å². The van der Waals surface area contributed by atoms with Crippen molar-refractivity contribution < 1.29 is 26.3 Å². The first-order valence-electron chi connectivity index (χ1n) is 8.64. The molecule has 1 N–H and O–H groups in total. The first-order chi connectivity index (χ1) is 14.0. The number of rotatable bonds is 7. The van der Waals surface area contributed by atoms with Crippen molar-refractivity contribution in [3.63, 3.8) is 0 Å². The Balaban J connectivity index is 1.85. The molecule has 0 aliphatic carbocycles. The van der Waals surface area contributed by atoms with E-state index >= 15 is 0 Å². The van der Waals surface area contributed by atoms with E-state index in [2.05, 4.69) is 9.82 Å². The predicted octanol–water partition coefficient (Wildman–Crippen LogP) is 4.14. The Morgan fingerprint density at radius 2 is 1.73 bits per heavy atom. The van der Waals surface area contributed by atoms with E-state index in [-0.39, 0.29) is 18.8 Å². The minimum absolute atomic E-state index is 0.0961. The van der Waals surface area contributed by atoms with Crippen molar-refractivity contribution in [2.24, 2.45) is 0 Å². The summed E-state index contributed by atoms with van der Waals surface area (Å²) in [6.07, 6.45) is -3.55. The van der Waals surface area contributed by atoms with Gasteiger partial charge in [-0.05, 0) is 54.6 Å². The molecule has 0 radical (unpaired) electrons. The maximum Gasteiger partial charge on any atom is 0.435 e. The van der Waals surface area contributed by atoms with E-state index in [1.165, 1.54) is 4.68 Å². The topological polar surface area (TPSA) is 73.2 Å². The summed E-state index contributed by atoms with van der Waals surface area (Å²) in [6, 6.07) is 13.6. The Hall–Kier alpha value is -2.56. The van der Waals surface area contributed by atoms with Crippen molar-refractivity contribution in [2.45, 2.75) is 6.18 Å². The van der Waals surface area contributed by atoms with Crippen LogP contribution in [0.4, 0.5) is 13.2 Å². The third-order valence-electron chi connectivity index (χ3n) is 3.96. The summed E-state index contributed by atoms with van der Waals surface area (Å²) in [6.45, 7) is 0.201. The van der Waals surface area contributed by atoms with Crippen LogP contribution in [0.2, 0.25) is 5.02 Å². The predicted molar refractivity (Wildman–Crippen MR) is 107 cm³/mol. The van der Waals surface area contributed by atoms with E-state index in [0.717, 1.165) is 12.3 Å². The molecule has 0 saturated carbocycles. The number of hydrogen-bond donors (Lipinski definition) is 1. The van der Waals surface area contributed by atoms with Crippen LogP contribution in [-0.4, -0.2) is 37.6 Å². The van der Waals surface area contributed by atoms with Crippen LogP contribution in [0.25, 0.3) is 16.9 Å². The van der Waals surface area contributed by atoms with Crippen LogP contribution >= 0.6 is 11.6 Å². The first-order valence-corrected chi connectivity index (χ1v) is 10.9. The average Bonchev–Trinajstić information content (AvgIpc) is 3.11. The van der Waals surface area contributed by atoms with Gasteiger partial charge in [-0.25, -0.2) is 17.8 Å². The molecule has 0 amide bonds. The molecule has 0 aliphatic rings. The lowest BCUT2D eigenvalue weighted by atomic mass is 10.1. The lowest BCUT2D eigenvalue weighted by Gasteiger charge is -2.10. The minimum atomic E-state index is -4.60. The Labute approximate surface area is 176 Å². The zero-order valence-electron chi connectivity index (χ0n) is 15.6. The molecule has 1 heterocycles. The second-order valence-corrected chi connectivity index (χ2v) is 8.61. The maximum atomic E-state index is 13.2. The molecule has 0 atom stereocenters. The van der Waals surface area contributed by atoms with Crippen molar-refractivity contribution in [3.8, 4) is 22.7 Å². The fourth-order valence-corrected chi connectivity index (χ4v) is 3.20. The van der Waals surface area contributed by atoms with E-state index in [9.17, 15) is 21.6 Å². The van der Waals surface area contributed by atoms with Gasteiger partial charge >= 0.3 is 6.18 Å². The van der Waals surface area contributed by atoms with Crippen LogP contribution in [0.1, 0.15) is 5.69 Å². The number of alkyl halides is 3. The minimum Gasteiger partial charge on any atom is -0.492 e. The van der Waals surface area contributed by atoms with Crippen LogP contribution < -0.4 is 9.46 Å². The molecule has 0 saturated heterocycles. The third-order valence-corrected chi connectivity index (χ3v) is 4.94. The quantitative estimate of drug-likeness (QED) is 0.539. The number of aromatic nitrogens is 2. The van der Waals surface area contributed by atoms with Crippen LogP contribution in [-0.2, 0) is 16.2 Å². The number of benzene rings is 2. The second-order valence-electron chi connectivity index (χ2n) is 6.34. The summed E-state index contributed by atoms with van der Waals surface area (Å²) < 4.78 is 70.7. The van der Waals surface area contributed by atoms with Gasteiger partial charge in [-0.3, -0.25) is 0 Å². The van der Waals surface area contributed by atoms with Gasteiger partial charge in [0.15, 0.2) is 5.69 Å². The van der Waals surface area contributed by atoms with Crippen molar-refractivity contribution in [3.05, 3.63) is 65.3 Å². The van der Waals surface area contributed by atoms with Gasteiger partial charge in [-0.2, -0.15) is 18.3 Å². The SMILES string of the molecule is CS(=O)(=O)NCCOc1ccc(-c2cc(C(F)(F)F)nn2-c2ccc(Cl)cc2)cc1. The highest BCUT2D eigenvalue weighted by atomic mass is 35.5. The van der Waals surface area contributed by atoms with Gasteiger partial charge in [0.1, 0.15) is 12.4 Å². The molecule has 11 heteroatoms. The van der Waals surface area contributed by atoms with Gasteiger partial charge in [-0.15, -0.1) is 0 Å². The zero-order valence-corrected chi connectivity index (χ0v) is 17.2. The molecule has 0 fully saturated rings. The van der Waals surface area contributed by atoms with Crippen LogP contribution in [0.3, 0.4) is 0 Å². The monoisotopic (exact) mass is 459 g/mol. The summed E-state index contributed by atoms with van der Waals surface area (Å²) >= 11 is 5.87. The molecule has 3 rings (SSSR count). The van der Waals surface area contributed by atoms with E-state index in [4.69, 9.17) is 16.3 Å². The van der Waals surface area contributed by atoms with E-state index in [1.54, 1.807) is 48.5 Å². The Kier molecular flexibility index (Phi) is 6.39. The number of nitrogens with zero attached hydrogens (tertiary/aromatic N) is 2. The number of hydrogen-bond acceptors (Lipinski definition) is 4. The van der Waals surface area contributed by atoms with Gasteiger partial charge in [0.2, 0.25) is 10.0 Å². The normalized spacial score (nSPS) is 12.2. The fourth-order valence-electron chi connectivity index (χ4n) is 2.62. The summed E-state index contributed by atoms with van der Waals surface area (Å²) in [4.78, 5) is 0. The van der Waals surface area contributed by atoms with Crippen LogP contribution in [0.15, 0.2) is 54.6 Å². The van der Waals surface area contributed by atoms with E-state index in [0.29, 0.717) is 22.0 Å². The van der Waals surface area contributed by atoms with Gasteiger partial charge in [0, 0.05) is 17.1 Å². The fraction of sp³-hybridized carbons (Fsp3) is 0.211. The molecule has 1 aromatic heterocycles. The number of halogens is 4. The molecule has 30 heavy (non-hydrogen) atoms. The Morgan fingerprint density at radius 1 is 1.10 bits per heavy atom. The molecule has 0 spiro atoms. The lowest BCUT2D eigenvalue weighted by molar-refractivity contribution is -0.141.